The van der Waals surface area contributed by atoms with Gasteiger partial charge in [0.15, 0.2) is 17.4 Å². The maximum atomic E-state index is 13.2. The molecule has 3 heterocycles. The van der Waals surface area contributed by atoms with Crippen LogP contribution in [0.4, 0.5) is 4.79 Å². The smallest absolute Gasteiger partial charge is 0.404 e. The average Bonchev–Trinajstić information content (AvgIpc) is 3.42. The van der Waals surface area contributed by atoms with Crippen molar-refractivity contribution in [3.05, 3.63) is 35.1 Å². The zero-order valence-electron chi connectivity index (χ0n) is 21.7. The van der Waals surface area contributed by atoms with E-state index in [0.717, 1.165) is 16.7 Å². The van der Waals surface area contributed by atoms with Crippen molar-refractivity contribution in [1.82, 2.24) is 10.2 Å². The summed E-state index contributed by atoms with van der Waals surface area (Å²) in [7, 11) is 2.56. The molecule has 1 fully saturated rings. The number of β-lactam (4-membered cyclic amide) rings is 1. The van der Waals surface area contributed by atoms with E-state index in [1.54, 1.807) is 6.07 Å². The molecule has 212 valence electrons. The molecule has 0 spiro atoms. The molecule has 0 saturated carbocycles. The summed E-state index contributed by atoms with van der Waals surface area (Å²) in [6.45, 7) is 3.84. The number of carbonyl (C=O) groups excluding carboxylic acids is 5. The zero-order chi connectivity index (χ0) is 28.9. The Balaban J connectivity index is 1.77. The highest BCUT2D eigenvalue weighted by atomic mass is 32.2. The molecule has 15 nitrogen and oxygen atoms in total. The molecular weight excluding hydrogens is 540 g/mol. The number of nitrogens with zero attached hydrogens (tertiary/aromatic N) is 2. The lowest BCUT2D eigenvalue weighted by atomic mass is 9.98. The zero-order valence-corrected chi connectivity index (χ0v) is 22.5. The highest BCUT2D eigenvalue weighted by Crippen LogP contribution is 2.40. The maximum absolute atomic E-state index is 13.2. The first-order valence-corrected chi connectivity index (χ1v) is 12.4. The van der Waals surface area contributed by atoms with Gasteiger partial charge in [-0.25, -0.2) is 14.4 Å². The number of oxime groups is 1. The molecule has 3 N–H and O–H groups in total. The fourth-order valence-corrected chi connectivity index (χ4v) is 4.72. The van der Waals surface area contributed by atoms with Crippen LogP contribution in [-0.2, 0) is 43.0 Å². The summed E-state index contributed by atoms with van der Waals surface area (Å²) in [4.78, 5) is 68.5. The molecule has 2 aliphatic heterocycles. The summed E-state index contributed by atoms with van der Waals surface area (Å²) in [5.74, 6) is -3.03. The van der Waals surface area contributed by atoms with Crippen LogP contribution in [0.5, 0.6) is 0 Å². The van der Waals surface area contributed by atoms with E-state index in [1.165, 1.54) is 52.7 Å². The van der Waals surface area contributed by atoms with Crippen LogP contribution in [0.25, 0.3) is 0 Å². The quantitative estimate of drug-likeness (QED) is 0.121. The highest BCUT2D eigenvalue weighted by molar-refractivity contribution is 8.03. The minimum atomic E-state index is -1.36. The van der Waals surface area contributed by atoms with E-state index in [2.05, 4.69) is 10.5 Å². The topological polar surface area (TPSA) is 198 Å². The van der Waals surface area contributed by atoms with Gasteiger partial charge in [-0.1, -0.05) is 5.16 Å². The van der Waals surface area contributed by atoms with Gasteiger partial charge in [-0.05, 0) is 31.4 Å². The lowest BCUT2D eigenvalue weighted by Gasteiger charge is -2.51. The Bertz CT molecular complexity index is 1180. The van der Waals surface area contributed by atoms with Crippen molar-refractivity contribution < 1.29 is 52.2 Å². The molecule has 3 amide bonds. The van der Waals surface area contributed by atoms with Crippen LogP contribution in [0.2, 0.25) is 0 Å². The fourth-order valence-electron chi connectivity index (χ4n) is 3.51. The molecule has 4 atom stereocenters. The van der Waals surface area contributed by atoms with Gasteiger partial charge in [0.05, 0.1) is 6.26 Å². The molecule has 0 radical (unpaired) electrons. The minimum Gasteiger partial charge on any atom is -0.462 e. The van der Waals surface area contributed by atoms with E-state index in [0.29, 0.717) is 0 Å². The van der Waals surface area contributed by atoms with Crippen molar-refractivity contribution in [2.45, 2.75) is 50.1 Å². The summed E-state index contributed by atoms with van der Waals surface area (Å²) in [5.41, 5.74) is 3.74. The van der Waals surface area contributed by atoms with Gasteiger partial charge in [-0.2, -0.15) is 0 Å². The number of esters is 2. The van der Waals surface area contributed by atoms with Gasteiger partial charge in [-0.3, -0.25) is 9.59 Å². The van der Waals surface area contributed by atoms with Gasteiger partial charge in [-0.15, -0.1) is 11.8 Å². The monoisotopic (exact) mass is 568 g/mol. The number of nitrogens with two attached hydrogens (primary N) is 1. The molecular formula is C23H28N4O11S. The predicted octanol–water partition coefficient (Wildman–Crippen LogP) is 0.235. The van der Waals surface area contributed by atoms with E-state index in [1.807, 2.05) is 0 Å². The van der Waals surface area contributed by atoms with Crippen molar-refractivity contribution >= 4 is 47.3 Å². The van der Waals surface area contributed by atoms with Gasteiger partial charge >= 0.3 is 18.0 Å². The van der Waals surface area contributed by atoms with Gasteiger partial charge in [0.25, 0.3) is 5.91 Å². The van der Waals surface area contributed by atoms with Gasteiger partial charge in [0, 0.05) is 19.6 Å². The van der Waals surface area contributed by atoms with E-state index in [9.17, 15) is 24.0 Å². The number of furan rings is 1. The number of nitrogens with one attached hydrogen (secondary N) is 1. The standard InChI is InChI=1S/C23H28N4O11S/c1-11(38-21(31)23(2,3)33-4)37-20(30)16-12(9-36-22(24)32)10-39-19-15(18(29)27(16)19)25-17(28)14(26-34-5)13-7-6-8-35-13/h6-8,10-11,15-16,19H,9H2,1-5H3,(H2,24,32)(H,25,28)/b26-14-/t11?,15-,16-,19-/m1/s1. The number of primary amides is 1. The second-order valence-corrected chi connectivity index (χ2v) is 9.64. The van der Waals surface area contributed by atoms with Crippen LogP contribution in [0.1, 0.15) is 26.5 Å². The molecule has 0 aromatic carbocycles. The average molecular weight is 569 g/mol. The molecule has 1 unspecified atom stereocenters. The molecule has 1 aromatic rings. The molecule has 2 aliphatic rings. The lowest BCUT2D eigenvalue weighted by molar-refractivity contribution is -0.201. The predicted molar refractivity (Wildman–Crippen MR) is 133 cm³/mol. The van der Waals surface area contributed by atoms with Gasteiger partial charge < -0.3 is 44.2 Å². The number of hydrogen-bond donors (Lipinski definition) is 2. The largest absolute Gasteiger partial charge is 0.462 e. The summed E-state index contributed by atoms with van der Waals surface area (Å²) < 4.78 is 25.5. The lowest BCUT2D eigenvalue weighted by Crippen LogP contribution is -2.74. The fraction of sp³-hybridized carbons (Fsp3) is 0.478. The molecule has 39 heavy (non-hydrogen) atoms. The second-order valence-electron chi connectivity index (χ2n) is 8.65. The summed E-state index contributed by atoms with van der Waals surface area (Å²) >= 11 is 1.10. The SMILES string of the molecule is CO/N=C(\C(=O)N[C@@H]1C(=O)N2[C@@H](C(=O)OC(C)OC(=O)C(C)(C)OC)C(COC(N)=O)=CS[C@H]12)c1ccco1. The van der Waals surface area contributed by atoms with Crippen LogP contribution in [0.15, 0.2) is 38.9 Å². The first kappa shape index (κ1) is 29.5. The normalized spacial score (nSPS) is 21.5. The van der Waals surface area contributed by atoms with Crippen LogP contribution < -0.4 is 11.1 Å². The number of ether oxygens (including phenoxy) is 4. The van der Waals surface area contributed by atoms with E-state index < -0.39 is 65.8 Å². The number of carbonyl (C=O) groups is 5. The number of hydrogen-bond acceptors (Lipinski definition) is 13. The Labute approximate surface area is 226 Å². The summed E-state index contributed by atoms with van der Waals surface area (Å²) in [6.07, 6.45) is -1.10. The van der Waals surface area contributed by atoms with Crippen LogP contribution >= 0.6 is 11.8 Å². The molecule has 1 saturated heterocycles. The second kappa shape index (κ2) is 12.2. The molecule has 0 bridgehead atoms. The summed E-state index contributed by atoms with van der Waals surface area (Å²) in [6, 6.07) is 0.627. The number of rotatable bonds is 11. The van der Waals surface area contributed by atoms with Gasteiger partial charge in [0.1, 0.15) is 25.1 Å². The van der Waals surface area contributed by atoms with E-state index in [-0.39, 0.29) is 17.0 Å². The summed E-state index contributed by atoms with van der Waals surface area (Å²) in [5, 5.41) is 7.00. The van der Waals surface area contributed by atoms with Crippen LogP contribution in [0.3, 0.4) is 0 Å². The van der Waals surface area contributed by atoms with Gasteiger partial charge in [0.2, 0.25) is 17.9 Å². The maximum Gasteiger partial charge on any atom is 0.404 e. The molecule has 1 aromatic heterocycles. The number of methoxy groups -OCH3 is 1. The molecule has 3 rings (SSSR count). The molecule has 0 aliphatic carbocycles. The Kier molecular flexibility index (Phi) is 9.24. The van der Waals surface area contributed by atoms with Crippen molar-refractivity contribution in [2.24, 2.45) is 10.9 Å². The molecule has 16 heteroatoms. The Hall–Kier alpha value is -4.05. The third kappa shape index (κ3) is 6.51. The van der Waals surface area contributed by atoms with E-state index >= 15 is 0 Å². The van der Waals surface area contributed by atoms with Crippen molar-refractivity contribution in [3.8, 4) is 0 Å². The minimum absolute atomic E-state index is 0.113. The van der Waals surface area contributed by atoms with Crippen LogP contribution in [0, 0.1) is 0 Å². The van der Waals surface area contributed by atoms with Crippen molar-refractivity contribution in [1.29, 1.82) is 0 Å². The number of thioether (sulfide) groups is 1. The van der Waals surface area contributed by atoms with Crippen LogP contribution in [-0.4, -0.2) is 90.6 Å². The van der Waals surface area contributed by atoms with Crippen molar-refractivity contribution in [3.63, 3.8) is 0 Å². The Morgan fingerprint density at radius 2 is 1.97 bits per heavy atom. The Morgan fingerprint density at radius 1 is 1.26 bits per heavy atom. The Morgan fingerprint density at radius 3 is 2.56 bits per heavy atom. The first-order chi connectivity index (χ1) is 18.4. The third-order valence-corrected chi connectivity index (χ3v) is 6.89. The van der Waals surface area contributed by atoms with E-state index in [4.69, 9.17) is 33.9 Å². The number of amides is 3. The number of fused-ring (bicyclic) bond motifs is 1. The highest BCUT2D eigenvalue weighted by Gasteiger charge is 2.57. The first-order valence-electron chi connectivity index (χ1n) is 11.4. The third-order valence-electron chi connectivity index (χ3n) is 5.67. The van der Waals surface area contributed by atoms with Crippen molar-refractivity contribution in [2.75, 3.05) is 20.8 Å².